The molecule has 0 aliphatic rings. The zero-order chi connectivity index (χ0) is 14.4. The average Bonchev–Trinajstić information content (AvgIpc) is 2.49. The Balaban J connectivity index is 1.98. The van der Waals surface area contributed by atoms with Crippen LogP contribution in [0.3, 0.4) is 0 Å². The number of benzene rings is 1. The lowest BCUT2D eigenvalue weighted by Crippen LogP contribution is -2.09. The fraction of sp³-hybridized carbons (Fsp3) is 0.286. The Morgan fingerprint density at radius 3 is 2.50 bits per heavy atom. The summed E-state index contributed by atoms with van der Waals surface area (Å²) in [6.45, 7) is 0.669. The van der Waals surface area contributed by atoms with Gasteiger partial charge < -0.3 is 15.4 Å². The Kier molecular flexibility index (Phi) is 4.70. The Morgan fingerprint density at radius 2 is 1.85 bits per heavy atom. The van der Waals surface area contributed by atoms with Crippen LogP contribution in [0.1, 0.15) is 5.56 Å². The number of halogens is 1. The van der Waals surface area contributed by atoms with Crippen molar-refractivity contribution in [1.29, 1.82) is 0 Å². The van der Waals surface area contributed by atoms with Gasteiger partial charge in [0, 0.05) is 13.6 Å². The van der Waals surface area contributed by atoms with Crippen LogP contribution in [0.15, 0.2) is 30.6 Å². The minimum absolute atomic E-state index is 0.224. The van der Waals surface area contributed by atoms with Gasteiger partial charge >= 0.3 is 0 Å². The summed E-state index contributed by atoms with van der Waals surface area (Å²) < 4.78 is 18.1. The molecule has 2 rings (SSSR count). The lowest BCUT2D eigenvalue weighted by Gasteiger charge is -2.12. The molecule has 0 radical (unpaired) electrons. The molecule has 2 aromatic rings. The quantitative estimate of drug-likeness (QED) is 0.848. The van der Waals surface area contributed by atoms with E-state index in [4.69, 9.17) is 4.74 Å². The third kappa shape index (κ3) is 3.34. The van der Waals surface area contributed by atoms with Crippen molar-refractivity contribution in [1.82, 2.24) is 9.97 Å². The fourth-order valence-corrected chi connectivity index (χ4v) is 1.85. The average molecular weight is 276 g/mol. The van der Waals surface area contributed by atoms with Crippen LogP contribution in [0.2, 0.25) is 0 Å². The highest BCUT2D eigenvalue weighted by Gasteiger charge is 2.10. The van der Waals surface area contributed by atoms with Crippen LogP contribution in [0.5, 0.6) is 5.75 Å². The van der Waals surface area contributed by atoms with Gasteiger partial charge in [-0.05, 0) is 24.1 Å². The van der Waals surface area contributed by atoms with Crippen LogP contribution in [0.4, 0.5) is 16.0 Å². The maximum Gasteiger partial charge on any atom is 0.204 e. The first-order valence-electron chi connectivity index (χ1n) is 6.29. The molecular weight excluding hydrogens is 259 g/mol. The van der Waals surface area contributed by atoms with Crippen LogP contribution in [0.25, 0.3) is 0 Å². The van der Waals surface area contributed by atoms with Gasteiger partial charge in [-0.15, -0.1) is 0 Å². The van der Waals surface area contributed by atoms with E-state index in [0.717, 1.165) is 12.0 Å². The summed E-state index contributed by atoms with van der Waals surface area (Å²) in [5, 5.41) is 6.14. The minimum atomic E-state index is -0.224. The molecule has 20 heavy (non-hydrogen) atoms. The van der Waals surface area contributed by atoms with Crippen LogP contribution < -0.4 is 15.4 Å². The maximum absolute atomic E-state index is 12.8. The number of hydrogen-bond donors (Lipinski definition) is 2. The molecule has 106 valence electrons. The first-order chi connectivity index (χ1) is 9.74. The molecule has 1 aromatic heterocycles. The molecule has 0 fully saturated rings. The molecule has 0 atom stereocenters. The predicted molar refractivity (Wildman–Crippen MR) is 76.7 cm³/mol. The molecule has 0 bridgehead atoms. The van der Waals surface area contributed by atoms with Crippen molar-refractivity contribution in [2.24, 2.45) is 0 Å². The van der Waals surface area contributed by atoms with Crippen molar-refractivity contribution in [3.8, 4) is 5.75 Å². The van der Waals surface area contributed by atoms with Crippen LogP contribution >= 0.6 is 0 Å². The van der Waals surface area contributed by atoms with Crippen molar-refractivity contribution < 1.29 is 9.13 Å². The standard InChI is InChI=1S/C14H17FN4O/c1-16-13-12(20-2)14(19-9-18-13)17-8-7-10-3-5-11(15)6-4-10/h3-6,9H,7-8H2,1-2H3,(H2,16,17,18,19). The smallest absolute Gasteiger partial charge is 0.204 e. The second-order valence-electron chi connectivity index (χ2n) is 4.16. The minimum Gasteiger partial charge on any atom is -0.490 e. The van der Waals surface area contributed by atoms with Crippen molar-refractivity contribution in [3.05, 3.63) is 42.0 Å². The zero-order valence-corrected chi connectivity index (χ0v) is 11.5. The highest BCUT2D eigenvalue weighted by Crippen LogP contribution is 2.28. The van der Waals surface area contributed by atoms with Gasteiger partial charge in [-0.2, -0.15) is 0 Å². The van der Waals surface area contributed by atoms with Gasteiger partial charge in [0.25, 0.3) is 0 Å². The maximum atomic E-state index is 12.8. The summed E-state index contributed by atoms with van der Waals surface area (Å²) in [4.78, 5) is 8.23. The third-order valence-corrected chi connectivity index (χ3v) is 2.86. The molecular formula is C14H17FN4O. The number of nitrogens with zero attached hydrogens (tertiary/aromatic N) is 2. The van der Waals surface area contributed by atoms with E-state index in [0.29, 0.717) is 23.9 Å². The van der Waals surface area contributed by atoms with Gasteiger partial charge in [-0.3, -0.25) is 0 Å². The highest BCUT2D eigenvalue weighted by molar-refractivity contribution is 5.63. The molecule has 0 amide bonds. The number of aromatic nitrogens is 2. The SMILES string of the molecule is CNc1ncnc(NCCc2ccc(F)cc2)c1OC. The van der Waals surface area contributed by atoms with Crippen molar-refractivity contribution in [2.45, 2.75) is 6.42 Å². The van der Waals surface area contributed by atoms with E-state index in [9.17, 15) is 4.39 Å². The Morgan fingerprint density at radius 1 is 1.15 bits per heavy atom. The van der Waals surface area contributed by atoms with E-state index in [-0.39, 0.29) is 5.82 Å². The Bertz CT molecular complexity index is 560. The van der Waals surface area contributed by atoms with Crippen molar-refractivity contribution in [2.75, 3.05) is 31.3 Å². The van der Waals surface area contributed by atoms with Gasteiger partial charge in [-0.1, -0.05) is 12.1 Å². The molecule has 0 saturated carbocycles. The highest BCUT2D eigenvalue weighted by atomic mass is 19.1. The summed E-state index contributed by atoms with van der Waals surface area (Å²) in [5.74, 6) is 1.62. The molecule has 0 unspecified atom stereocenters. The Labute approximate surface area is 117 Å². The summed E-state index contributed by atoms with van der Waals surface area (Å²) in [6, 6.07) is 6.46. The van der Waals surface area contributed by atoms with E-state index >= 15 is 0 Å². The van der Waals surface area contributed by atoms with Gasteiger partial charge in [-0.25, -0.2) is 14.4 Å². The number of ether oxygens (including phenoxy) is 1. The van der Waals surface area contributed by atoms with Crippen molar-refractivity contribution in [3.63, 3.8) is 0 Å². The molecule has 0 saturated heterocycles. The van der Waals surface area contributed by atoms with Gasteiger partial charge in [0.2, 0.25) is 5.75 Å². The van der Waals surface area contributed by atoms with Crippen LogP contribution in [-0.2, 0) is 6.42 Å². The van der Waals surface area contributed by atoms with Gasteiger partial charge in [0.1, 0.15) is 12.1 Å². The summed E-state index contributed by atoms with van der Waals surface area (Å²) in [6.07, 6.45) is 2.23. The zero-order valence-electron chi connectivity index (χ0n) is 11.5. The second kappa shape index (κ2) is 6.70. The molecule has 0 aliphatic carbocycles. The largest absolute Gasteiger partial charge is 0.490 e. The second-order valence-corrected chi connectivity index (χ2v) is 4.16. The molecule has 0 spiro atoms. The Hall–Kier alpha value is -2.37. The first kappa shape index (κ1) is 14.0. The summed E-state index contributed by atoms with van der Waals surface area (Å²) in [5.41, 5.74) is 1.06. The van der Waals surface area contributed by atoms with Crippen LogP contribution in [0, 0.1) is 5.82 Å². The van der Waals surface area contributed by atoms with E-state index in [1.54, 1.807) is 26.3 Å². The number of nitrogens with one attached hydrogen (secondary N) is 2. The van der Waals surface area contributed by atoms with E-state index < -0.39 is 0 Å². The monoisotopic (exact) mass is 276 g/mol. The summed E-state index contributed by atoms with van der Waals surface area (Å²) >= 11 is 0. The summed E-state index contributed by atoms with van der Waals surface area (Å²) in [7, 11) is 3.35. The van der Waals surface area contributed by atoms with Crippen molar-refractivity contribution >= 4 is 11.6 Å². The third-order valence-electron chi connectivity index (χ3n) is 2.86. The van der Waals surface area contributed by atoms with Gasteiger partial charge in [0.15, 0.2) is 11.6 Å². The topological polar surface area (TPSA) is 59.1 Å². The first-order valence-corrected chi connectivity index (χ1v) is 6.29. The lowest BCUT2D eigenvalue weighted by atomic mass is 10.1. The normalized spacial score (nSPS) is 10.2. The lowest BCUT2D eigenvalue weighted by molar-refractivity contribution is 0.415. The predicted octanol–water partition coefficient (Wildman–Crippen LogP) is 2.32. The molecule has 1 heterocycles. The number of hydrogen-bond acceptors (Lipinski definition) is 5. The fourth-order valence-electron chi connectivity index (χ4n) is 1.85. The van der Waals surface area contributed by atoms with E-state index in [2.05, 4.69) is 20.6 Å². The number of rotatable bonds is 6. The van der Waals surface area contributed by atoms with Gasteiger partial charge in [0.05, 0.1) is 7.11 Å². The number of methoxy groups -OCH3 is 1. The molecule has 0 aliphatic heterocycles. The van der Waals surface area contributed by atoms with E-state index in [1.807, 2.05) is 0 Å². The molecule has 1 aromatic carbocycles. The van der Waals surface area contributed by atoms with E-state index in [1.165, 1.54) is 18.5 Å². The van der Waals surface area contributed by atoms with Crippen LogP contribution in [-0.4, -0.2) is 30.7 Å². The number of anilines is 2. The molecule has 2 N–H and O–H groups in total. The molecule has 6 heteroatoms. The molecule has 5 nitrogen and oxygen atoms in total.